The Morgan fingerprint density at radius 1 is 1.00 bits per heavy atom. The Bertz CT molecular complexity index is 551. The first-order valence-electron chi connectivity index (χ1n) is 6.02. The van der Waals surface area contributed by atoms with Crippen LogP contribution in [0.1, 0.15) is 5.56 Å². The second-order valence-corrected chi connectivity index (χ2v) is 5.29. The summed E-state index contributed by atoms with van der Waals surface area (Å²) in [6.45, 7) is 0.653. The molecule has 0 bridgehead atoms. The van der Waals surface area contributed by atoms with Gasteiger partial charge < -0.3 is 10.2 Å². The van der Waals surface area contributed by atoms with Crippen molar-refractivity contribution in [2.75, 3.05) is 24.3 Å². The lowest BCUT2D eigenvalue weighted by Crippen LogP contribution is -2.08. The van der Waals surface area contributed by atoms with E-state index in [2.05, 4.69) is 22.3 Å². The molecule has 0 heterocycles. The van der Waals surface area contributed by atoms with Crippen molar-refractivity contribution in [3.8, 4) is 0 Å². The molecule has 0 amide bonds. The summed E-state index contributed by atoms with van der Waals surface area (Å²) in [6.07, 6.45) is 0. The van der Waals surface area contributed by atoms with E-state index in [9.17, 15) is 0 Å². The Morgan fingerprint density at radius 3 is 2.32 bits per heavy atom. The Morgan fingerprint density at radius 2 is 1.68 bits per heavy atom. The second-order valence-electron chi connectivity index (χ2n) is 4.51. The van der Waals surface area contributed by atoms with Crippen LogP contribution >= 0.6 is 23.2 Å². The Hall–Kier alpha value is -1.38. The summed E-state index contributed by atoms with van der Waals surface area (Å²) in [5.74, 6) is 0. The molecule has 19 heavy (non-hydrogen) atoms. The SMILES string of the molecule is CN(C)c1ccc(NCc2cccc(Cl)c2Cl)cc1. The Labute approximate surface area is 123 Å². The fourth-order valence-electron chi connectivity index (χ4n) is 1.76. The van der Waals surface area contributed by atoms with Gasteiger partial charge in [-0.3, -0.25) is 0 Å². The van der Waals surface area contributed by atoms with Gasteiger partial charge in [0.05, 0.1) is 10.0 Å². The van der Waals surface area contributed by atoms with E-state index >= 15 is 0 Å². The lowest BCUT2D eigenvalue weighted by Gasteiger charge is -2.14. The number of hydrogen-bond donors (Lipinski definition) is 1. The van der Waals surface area contributed by atoms with E-state index in [0.29, 0.717) is 16.6 Å². The third-order valence-corrected chi connectivity index (χ3v) is 3.76. The van der Waals surface area contributed by atoms with Gasteiger partial charge in [0.25, 0.3) is 0 Å². The largest absolute Gasteiger partial charge is 0.381 e. The minimum Gasteiger partial charge on any atom is -0.381 e. The normalized spacial score (nSPS) is 10.3. The van der Waals surface area contributed by atoms with Crippen LogP contribution in [0.2, 0.25) is 10.0 Å². The van der Waals surface area contributed by atoms with Gasteiger partial charge in [-0.05, 0) is 35.9 Å². The van der Waals surface area contributed by atoms with E-state index in [4.69, 9.17) is 23.2 Å². The van der Waals surface area contributed by atoms with Crippen LogP contribution in [0.15, 0.2) is 42.5 Å². The molecule has 1 N–H and O–H groups in total. The molecular formula is C15H16Cl2N2. The molecule has 0 fully saturated rings. The highest BCUT2D eigenvalue weighted by atomic mass is 35.5. The quantitative estimate of drug-likeness (QED) is 0.881. The predicted octanol–water partition coefficient (Wildman–Crippen LogP) is 4.67. The van der Waals surface area contributed by atoms with Crippen LogP contribution in [0.3, 0.4) is 0 Å². The minimum atomic E-state index is 0.587. The standard InChI is InChI=1S/C15H16Cl2N2/c1-19(2)13-8-6-12(7-9-13)18-10-11-4-3-5-14(16)15(11)17/h3-9,18H,10H2,1-2H3. The highest BCUT2D eigenvalue weighted by Gasteiger charge is 2.04. The number of hydrogen-bond acceptors (Lipinski definition) is 2. The van der Waals surface area contributed by atoms with Crippen LogP contribution in [0.4, 0.5) is 11.4 Å². The molecule has 0 aliphatic heterocycles. The molecule has 0 aliphatic rings. The molecule has 2 nitrogen and oxygen atoms in total. The molecule has 0 atom stereocenters. The number of rotatable bonds is 4. The summed E-state index contributed by atoms with van der Waals surface area (Å²) in [5.41, 5.74) is 3.22. The van der Waals surface area contributed by atoms with Gasteiger partial charge in [0.2, 0.25) is 0 Å². The van der Waals surface area contributed by atoms with Crippen LogP contribution in [0.25, 0.3) is 0 Å². The van der Waals surface area contributed by atoms with Crippen molar-refractivity contribution in [1.82, 2.24) is 0 Å². The lowest BCUT2D eigenvalue weighted by atomic mass is 10.2. The fourth-order valence-corrected chi connectivity index (χ4v) is 2.15. The van der Waals surface area contributed by atoms with Crippen molar-refractivity contribution in [1.29, 1.82) is 0 Å². The molecular weight excluding hydrogens is 279 g/mol. The summed E-state index contributed by atoms with van der Waals surface area (Å²) in [6, 6.07) is 13.9. The van der Waals surface area contributed by atoms with Gasteiger partial charge in [-0.1, -0.05) is 35.3 Å². The Kier molecular flexibility index (Phi) is 4.56. The molecule has 0 unspecified atom stereocenters. The third-order valence-electron chi connectivity index (χ3n) is 2.90. The van der Waals surface area contributed by atoms with Crippen LogP contribution in [-0.2, 0) is 6.54 Å². The van der Waals surface area contributed by atoms with Gasteiger partial charge in [0.15, 0.2) is 0 Å². The summed E-state index contributed by atoms with van der Waals surface area (Å²) in [7, 11) is 4.04. The molecule has 0 spiro atoms. The van der Waals surface area contributed by atoms with Crippen LogP contribution in [-0.4, -0.2) is 14.1 Å². The first-order chi connectivity index (χ1) is 9.08. The number of nitrogens with zero attached hydrogens (tertiary/aromatic N) is 1. The van der Waals surface area contributed by atoms with Crippen molar-refractivity contribution in [3.63, 3.8) is 0 Å². The number of benzene rings is 2. The maximum absolute atomic E-state index is 6.15. The van der Waals surface area contributed by atoms with Crippen molar-refractivity contribution >= 4 is 34.6 Å². The van der Waals surface area contributed by atoms with Crippen molar-refractivity contribution in [3.05, 3.63) is 58.1 Å². The molecule has 2 aromatic rings. The van der Waals surface area contributed by atoms with Gasteiger partial charge in [0.1, 0.15) is 0 Å². The monoisotopic (exact) mass is 294 g/mol. The maximum Gasteiger partial charge on any atom is 0.0642 e. The van der Waals surface area contributed by atoms with E-state index in [0.717, 1.165) is 11.3 Å². The lowest BCUT2D eigenvalue weighted by molar-refractivity contribution is 1.12. The molecule has 4 heteroatoms. The summed E-state index contributed by atoms with van der Waals surface area (Å²) >= 11 is 12.1. The van der Waals surface area contributed by atoms with E-state index in [1.165, 1.54) is 5.69 Å². The second kappa shape index (κ2) is 6.18. The molecule has 0 radical (unpaired) electrons. The van der Waals surface area contributed by atoms with Gasteiger partial charge in [0, 0.05) is 32.0 Å². The summed E-state index contributed by atoms with van der Waals surface area (Å²) < 4.78 is 0. The van der Waals surface area contributed by atoms with E-state index in [1.807, 2.05) is 38.4 Å². The van der Waals surface area contributed by atoms with E-state index in [-0.39, 0.29) is 0 Å². The average Bonchev–Trinajstić information content (AvgIpc) is 2.41. The van der Waals surface area contributed by atoms with Crippen LogP contribution in [0.5, 0.6) is 0 Å². The zero-order chi connectivity index (χ0) is 13.8. The smallest absolute Gasteiger partial charge is 0.0642 e. The topological polar surface area (TPSA) is 15.3 Å². The Balaban J connectivity index is 2.04. The molecule has 100 valence electrons. The van der Waals surface area contributed by atoms with Crippen LogP contribution in [0, 0.1) is 0 Å². The molecule has 2 rings (SSSR count). The molecule has 0 saturated carbocycles. The number of halogens is 2. The maximum atomic E-state index is 6.15. The van der Waals surface area contributed by atoms with Gasteiger partial charge in [-0.25, -0.2) is 0 Å². The number of anilines is 2. The van der Waals surface area contributed by atoms with Crippen molar-refractivity contribution < 1.29 is 0 Å². The van der Waals surface area contributed by atoms with Crippen molar-refractivity contribution in [2.45, 2.75) is 6.54 Å². The van der Waals surface area contributed by atoms with Gasteiger partial charge in [-0.2, -0.15) is 0 Å². The third kappa shape index (κ3) is 3.55. The molecule has 0 aromatic heterocycles. The minimum absolute atomic E-state index is 0.587. The number of nitrogens with one attached hydrogen (secondary N) is 1. The molecule has 0 aliphatic carbocycles. The van der Waals surface area contributed by atoms with Crippen LogP contribution < -0.4 is 10.2 Å². The average molecular weight is 295 g/mol. The zero-order valence-corrected chi connectivity index (χ0v) is 12.5. The van der Waals surface area contributed by atoms with Gasteiger partial charge in [-0.15, -0.1) is 0 Å². The van der Waals surface area contributed by atoms with Crippen molar-refractivity contribution in [2.24, 2.45) is 0 Å². The highest BCUT2D eigenvalue weighted by molar-refractivity contribution is 6.42. The predicted molar refractivity (Wildman–Crippen MR) is 84.6 cm³/mol. The molecule has 0 saturated heterocycles. The van der Waals surface area contributed by atoms with E-state index < -0.39 is 0 Å². The fraction of sp³-hybridized carbons (Fsp3) is 0.200. The first kappa shape index (κ1) is 14.0. The summed E-state index contributed by atoms with van der Waals surface area (Å²) in [4.78, 5) is 2.07. The van der Waals surface area contributed by atoms with E-state index in [1.54, 1.807) is 6.07 Å². The van der Waals surface area contributed by atoms with Gasteiger partial charge >= 0.3 is 0 Å². The highest BCUT2D eigenvalue weighted by Crippen LogP contribution is 2.26. The summed E-state index contributed by atoms with van der Waals surface area (Å²) in [5, 5.41) is 4.53. The zero-order valence-electron chi connectivity index (χ0n) is 11.0. The molecule has 2 aromatic carbocycles. The first-order valence-corrected chi connectivity index (χ1v) is 6.77.